The van der Waals surface area contributed by atoms with E-state index in [2.05, 4.69) is 15.0 Å². The van der Waals surface area contributed by atoms with Gasteiger partial charge in [-0.2, -0.15) is 13.2 Å². The molecule has 3 aromatic heterocycles. The van der Waals surface area contributed by atoms with E-state index in [1.165, 1.54) is 18.3 Å². The molecule has 0 saturated heterocycles. The molecule has 0 spiro atoms. The van der Waals surface area contributed by atoms with Gasteiger partial charge in [0.25, 0.3) is 0 Å². The predicted molar refractivity (Wildman–Crippen MR) is 86.3 cm³/mol. The maximum absolute atomic E-state index is 13.2. The highest BCUT2D eigenvalue weighted by Crippen LogP contribution is 2.35. The third kappa shape index (κ3) is 2.89. The Balaban J connectivity index is 2.22. The number of aromatic nitrogens is 3. The van der Waals surface area contributed by atoms with E-state index in [9.17, 15) is 13.2 Å². The molecule has 3 aromatic rings. The average molecular weight is 332 g/mol. The molecule has 0 atom stereocenters. The van der Waals surface area contributed by atoms with Crippen molar-refractivity contribution in [2.75, 3.05) is 5.73 Å². The summed E-state index contributed by atoms with van der Waals surface area (Å²) in [6.45, 7) is 3.91. The predicted octanol–water partition coefficient (Wildman–Crippen LogP) is 4.42. The first-order chi connectivity index (χ1) is 11.3. The van der Waals surface area contributed by atoms with Crippen molar-refractivity contribution in [1.29, 1.82) is 0 Å². The van der Waals surface area contributed by atoms with Crippen LogP contribution in [0.2, 0.25) is 0 Å². The second-order valence-corrected chi connectivity index (χ2v) is 5.76. The first kappa shape index (κ1) is 16.2. The van der Waals surface area contributed by atoms with Crippen molar-refractivity contribution in [3.63, 3.8) is 0 Å². The number of nitrogens with two attached hydrogens (primary N) is 1. The summed E-state index contributed by atoms with van der Waals surface area (Å²) < 4.78 is 39.5. The van der Waals surface area contributed by atoms with Crippen LogP contribution in [0.3, 0.4) is 0 Å². The monoisotopic (exact) mass is 332 g/mol. The molecule has 3 rings (SSSR count). The van der Waals surface area contributed by atoms with Gasteiger partial charge < -0.3 is 5.73 Å². The summed E-state index contributed by atoms with van der Waals surface area (Å²) in [6, 6.07) is 7.10. The van der Waals surface area contributed by atoms with Gasteiger partial charge in [-0.25, -0.2) is 9.97 Å². The van der Waals surface area contributed by atoms with E-state index < -0.39 is 11.7 Å². The Morgan fingerprint density at radius 1 is 1.08 bits per heavy atom. The van der Waals surface area contributed by atoms with Crippen molar-refractivity contribution < 1.29 is 13.2 Å². The number of rotatable bonds is 2. The molecule has 0 aliphatic carbocycles. The Bertz CT molecular complexity index is 904. The summed E-state index contributed by atoms with van der Waals surface area (Å²) in [5, 5.41) is 0.604. The fraction of sp³-hybridized carbons (Fsp3) is 0.235. The molecule has 2 N–H and O–H groups in total. The lowest BCUT2D eigenvalue weighted by Crippen LogP contribution is -2.09. The summed E-state index contributed by atoms with van der Waals surface area (Å²) in [6.07, 6.45) is -3.20. The maximum Gasteiger partial charge on any atom is 0.418 e. The van der Waals surface area contributed by atoms with Crippen LogP contribution in [0.15, 0.2) is 36.5 Å². The molecule has 3 heterocycles. The van der Waals surface area contributed by atoms with E-state index in [1.807, 2.05) is 13.8 Å². The van der Waals surface area contributed by atoms with Crippen molar-refractivity contribution in [1.82, 2.24) is 15.0 Å². The molecule has 7 heteroatoms. The molecule has 0 unspecified atom stereocenters. The molecule has 0 aromatic carbocycles. The minimum absolute atomic E-state index is 0.114. The summed E-state index contributed by atoms with van der Waals surface area (Å²) in [5.41, 5.74) is 6.62. The molecule has 0 bridgehead atoms. The zero-order valence-corrected chi connectivity index (χ0v) is 13.1. The first-order valence-electron chi connectivity index (χ1n) is 7.37. The highest BCUT2D eigenvalue weighted by molar-refractivity contribution is 5.89. The quantitative estimate of drug-likeness (QED) is 0.754. The molecule has 0 amide bonds. The zero-order chi connectivity index (χ0) is 17.5. The molecule has 0 fully saturated rings. The van der Waals surface area contributed by atoms with E-state index in [0.717, 1.165) is 11.8 Å². The van der Waals surface area contributed by atoms with E-state index in [0.29, 0.717) is 16.7 Å². The largest absolute Gasteiger partial charge is 0.418 e. The topological polar surface area (TPSA) is 64.7 Å². The number of nitrogen functional groups attached to an aromatic ring is 1. The fourth-order valence-electron chi connectivity index (χ4n) is 2.42. The fourth-order valence-corrected chi connectivity index (χ4v) is 2.42. The van der Waals surface area contributed by atoms with Crippen molar-refractivity contribution >= 4 is 16.7 Å². The van der Waals surface area contributed by atoms with E-state index in [4.69, 9.17) is 5.73 Å². The van der Waals surface area contributed by atoms with Crippen LogP contribution in [0.4, 0.5) is 18.9 Å². The maximum atomic E-state index is 13.2. The van der Waals surface area contributed by atoms with Crippen LogP contribution in [-0.4, -0.2) is 15.0 Å². The van der Waals surface area contributed by atoms with Gasteiger partial charge in [-0.05, 0) is 36.2 Å². The number of alkyl halides is 3. The Kier molecular flexibility index (Phi) is 3.87. The summed E-state index contributed by atoms with van der Waals surface area (Å²) >= 11 is 0. The van der Waals surface area contributed by atoms with Gasteiger partial charge in [0.15, 0.2) is 5.65 Å². The van der Waals surface area contributed by atoms with Crippen molar-refractivity contribution in [2.45, 2.75) is 25.9 Å². The van der Waals surface area contributed by atoms with Crippen molar-refractivity contribution in [2.24, 2.45) is 0 Å². The van der Waals surface area contributed by atoms with Gasteiger partial charge in [-0.1, -0.05) is 13.8 Å². The van der Waals surface area contributed by atoms with Gasteiger partial charge in [-0.3, -0.25) is 4.98 Å². The summed E-state index contributed by atoms with van der Waals surface area (Å²) in [4.78, 5) is 12.5. The van der Waals surface area contributed by atoms with Gasteiger partial charge in [0, 0.05) is 23.0 Å². The van der Waals surface area contributed by atoms with Crippen LogP contribution >= 0.6 is 0 Å². The third-order valence-electron chi connectivity index (χ3n) is 3.67. The van der Waals surface area contributed by atoms with Crippen LogP contribution in [0.25, 0.3) is 22.4 Å². The minimum atomic E-state index is -4.51. The van der Waals surface area contributed by atoms with E-state index >= 15 is 0 Å². The number of pyridine rings is 3. The lowest BCUT2D eigenvalue weighted by Gasteiger charge is -2.12. The van der Waals surface area contributed by atoms with Gasteiger partial charge in [0.05, 0.1) is 11.3 Å². The molecule has 0 radical (unpaired) electrons. The van der Waals surface area contributed by atoms with Crippen molar-refractivity contribution in [3.05, 3.63) is 47.8 Å². The number of hydrogen-bond donors (Lipinski definition) is 1. The number of hydrogen-bond acceptors (Lipinski definition) is 4. The zero-order valence-electron chi connectivity index (χ0n) is 13.1. The van der Waals surface area contributed by atoms with Crippen LogP contribution in [0.1, 0.15) is 31.0 Å². The molecule has 0 aliphatic rings. The minimum Gasteiger partial charge on any atom is -0.398 e. The Hall–Kier alpha value is -2.70. The molecular formula is C17H15F3N4. The summed E-state index contributed by atoms with van der Waals surface area (Å²) in [7, 11) is 0. The smallest absolute Gasteiger partial charge is 0.398 e. The first-order valence-corrected chi connectivity index (χ1v) is 7.37. The molecule has 0 aliphatic heterocycles. The summed E-state index contributed by atoms with van der Waals surface area (Å²) in [5.74, 6) is 0.128. The number of fused-ring (bicyclic) bond motifs is 1. The normalized spacial score (nSPS) is 12.1. The Morgan fingerprint density at radius 3 is 2.50 bits per heavy atom. The van der Waals surface area contributed by atoms with E-state index in [1.54, 1.807) is 12.1 Å². The number of nitrogens with zero attached hydrogens (tertiary/aromatic N) is 3. The third-order valence-corrected chi connectivity index (χ3v) is 3.67. The lowest BCUT2D eigenvalue weighted by atomic mass is 10.1. The van der Waals surface area contributed by atoms with Gasteiger partial charge in [-0.15, -0.1) is 0 Å². The van der Waals surface area contributed by atoms with Crippen LogP contribution in [0, 0.1) is 0 Å². The van der Waals surface area contributed by atoms with E-state index in [-0.39, 0.29) is 17.3 Å². The highest BCUT2D eigenvalue weighted by atomic mass is 19.4. The molecule has 4 nitrogen and oxygen atoms in total. The number of halogens is 3. The second kappa shape index (κ2) is 5.74. The molecular weight excluding hydrogens is 317 g/mol. The number of anilines is 1. The van der Waals surface area contributed by atoms with Crippen LogP contribution < -0.4 is 5.73 Å². The van der Waals surface area contributed by atoms with Crippen LogP contribution in [-0.2, 0) is 6.18 Å². The van der Waals surface area contributed by atoms with Gasteiger partial charge >= 0.3 is 6.18 Å². The Labute approximate surface area is 136 Å². The average Bonchev–Trinajstić information content (AvgIpc) is 2.53. The van der Waals surface area contributed by atoms with Gasteiger partial charge in [0.1, 0.15) is 5.69 Å². The standard InChI is InChI=1S/C17H15F3N4/c1-9(2)14-8-12(21)10-5-6-13(23-16(10)24-14)15-11(17(18,19)20)4-3-7-22-15/h3-9H,1-2H3,(H2,21,23,24). The second-order valence-electron chi connectivity index (χ2n) is 5.76. The molecule has 0 saturated carbocycles. The van der Waals surface area contributed by atoms with Crippen LogP contribution in [0.5, 0.6) is 0 Å². The van der Waals surface area contributed by atoms with Crippen molar-refractivity contribution in [3.8, 4) is 11.4 Å². The SMILES string of the molecule is CC(C)c1cc(N)c2ccc(-c3ncccc3C(F)(F)F)nc2n1. The molecule has 24 heavy (non-hydrogen) atoms. The molecule has 124 valence electrons. The van der Waals surface area contributed by atoms with Gasteiger partial charge in [0.2, 0.25) is 0 Å². The highest BCUT2D eigenvalue weighted by Gasteiger charge is 2.34. The Morgan fingerprint density at radius 2 is 1.83 bits per heavy atom. The lowest BCUT2D eigenvalue weighted by molar-refractivity contribution is -0.137.